The Morgan fingerprint density at radius 3 is 2.81 bits per heavy atom. The average molecular weight is 375 g/mol. The lowest BCUT2D eigenvalue weighted by molar-refractivity contribution is 0.102. The Labute approximate surface area is 154 Å². The molecule has 0 aliphatic heterocycles. The summed E-state index contributed by atoms with van der Waals surface area (Å²) in [7, 11) is 0. The van der Waals surface area contributed by atoms with E-state index < -0.39 is 11.7 Å². The molecule has 1 heterocycles. The third-order valence-corrected chi connectivity index (χ3v) is 3.76. The van der Waals surface area contributed by atoms with Crippen molar-refractivity contribution in [1.29, 1.82) is 0 Å². The molecule has 3 rings (SSSR count). The predicted molar refractivity (Wildman–Crippen MR) is 96.6 cm³/mol. The number of benzene rings is 2. The van der Waals surface area contributed by atoms with Gasteiger partial charge in [-0.3, -0.25) is 4.79 Å². The number of hydrogen-bond acceptors (Lipinski definition) is 4. The molecule has 0 aliphatic rings. The maximum atomic E-state index is 13.4. The molecule has 6 nitrogen and oxygen atoms in total. The Morgan fingerprint density at radius 1 is 1.27 bits per heavy atom. The summed E-state index contributed by atoms with van der Waals surface area (Å²) in [6.45, 7) is 3.80. The summed E-state index contributed by atoms with van der Waals surface area (Å²) in [5, 5.41) is 11.7. The first-order valence-electron chi connectivity index (χ1n) is 7.91. The van der Waals surface area contributed by atoms with E-state index in [1.54, 1.807) is 38.1 Å². The number of carbonyl (C=O) groups excluding carboxylic acids is 1. The molecule has 1 amide bonds. The molecule has 0 saturated carbocycles. The predicted octanol–water partition coefficient (Wildman–Crippen LogP) is 4.02. The third kappa shape index (κ3) is 3.83. The van der Waals surface area contributed by atoms with Crippen molar-refractivity contribution in [3.05, 3.63) is 64.7 Å². The topological polar surface area (TPSA) is 69.0 Å². The molecule has 0 radical (unpaired) electrons. The zero-order valence-corrected chi connectivity index (χ0v) is 14.9. The van der Waals surface area contributed by atoms with E-state index in [0.29, 0.717) is 28.7 Å². The molecule has 0 saturated heterocycles. The second-order valence-corrected chi connectivity index (χ2v) is 5.87. The molecule has 1 N–H and O–H groups in total. The third-order valence-electron chi connectivity index (χ3n) is 3.53. The first-order chi connectivity index (χ1) is 12.5. The number of anilines is 1. The summed E-state index contributed by atoms with van der Waals surface area (Å²) in [4.78, 5) is 13.9. The molecule has 0 bridgehead atoms. The van der Waals surface area contributed by atoms with E-state index in [0.717, 1.165) is 0 Å². The Hall–Kier alpha value is -2.93. The molecule has 8 heteroatoms. The summed E-state index contributed by atoms with van der Waals surface area (Å²) in [5.74, 6) is -0.668. The number of amides is 1. The highest BCUT2D eigenvalue weighted by Gasteiger charge is 2.18. The van der Waals surface area contributed by atoms with E-state index in [4.69, 9.17) is 16.3 Å². The van der Waals surface area contributed by atoms with Gasteiger partial charge >= 0.3 is 0 Å². The number of aryl methyl sites for hydroxylation is 1. The number of aromatic nitrogens is 3. The van der Waals surface area contributed by atoms with Crippen LogP contribution in [0.2, 0.25) is 5.02 Å². The van der Waals surface area contributed by atoms with E-state index in [2.05, 4.69) is 15.5 Å². The van der Waals surface area contributed by atoms with Crippen molar-refractivity contribution in [2.45, 2.75) is 13.8 Å². The zero-order valence-electron chi connectivity index (χ0n) is 14.2. The highest BCUT2D eigenvalue weighted by Crippen LogP contribution is 2.26. The standard InChI is InChI=1S/C18H16ClFN4O2/c1-3-26-16-10-13(20)7-8-15(16)21-18(25)17-11(2)22-24(23-17)14-6-4-5-12(19)9-14/h4-10H,3H2,1-2H3,(H,21,25). The Bertz CT molecular complexity index is 958. The highest BCUT2D eigenvalue weighted by molar-refractivity contribution is 6.30. The van der Waals surface area contributed by atoms with Gasteiger partial charge in [-0.15, -0.1) is 5.10 Å². The maximum Gasteiger partial charge on any atom is 0.278 e. The minimum Gasteiger partial charge on any atom is -0.492 e. The number of carbonyl (C=O) groups is 1. The molecule has 2 aromatic carbocycles. The van der Waals surface area contributed by atoms with Crippen LogP contribution >= 0.6 is 11.6 Å². The van der Waals surface area contributed by atoms with Crippen molar-refractivity contribution in [2.75, 3.05) is 11.9 Å². The van der Waals surface area contributed by atoms with Gasteiger partial charge in [-0.1, -0.05) is 17.7 Å². The van der Waals surface area contributed by atoms with Gasteiger partial charge < -0.3 is 10.1 Å². The fourth-order valence-electron chi connectivity index (χ4n) is 2.36. The average Bonchev–Trinajstić information content (AvgIpc) is 2.99. The Kier molecular flexibility index (Phi) is 5.18. The number of nitrogens with zero attached hydrogens (tertiary/aromatic N) is 3. The molecular formula is C18H16ClFN4O2. The highest BCUT2D eigenvalue weighted by atomic mass is 35.5. The van der Waals surface area contributed by atoms with Crippen LogP contribution in [0.25, 0.3) is 5.69 Å². The van der Waals surface area contributed by atoms with E-state index in [1.807, 2.05) is 0 Å². The van der Waals surface area contributed by atoms with Crippen LogP contribution in [0.15, 0.2) is 42.5 Å². The summed E-state index contributed by atoms with van der Waals surface area (Å²) < 4.78 is 18.8. The number of nitrogens with one attached hydrogen (secondary N) is 1. The van der Waals surface area contributed by atoms with Crippen LogP contribution in [0.4, 0.5) is 10.1 Å². The lowest BCUT2D eigenvalue weighted by Crippen LogP contribution is -2.15. The quantitative estimate of drug-likeness (QED) is 0.732. The van der Waals surface area contributed by atoms with Crippen molar-refractivity contribution < 1.29 is 13.9 Å². The second kappa shape index (κ2) is 7.53. The van der Waals surface area contributed by atoms with Crippen LogP contribution in [-0.4, -0.2) is 27.5 Å². The van der Waals surface area contributed by atoms with Gasteiger partial charge in [0.15, 0.2) is 5.69 Å². The van der Waals surface area contributed by atoms with E-state index in [-0.39, 0.29) is 11.4 Å². The van der Waals surface area contributed by atoms with Crippen molar-refractivity contribution in [1.82, 2.24) is 15.0 Å². The van der Waals surface area contributed by atoms with Gasteiger partial charge in [-0.2, -0.15) is 9.90 Å². The van der Waals surface area contributed by atoms with Crippen molar-refractivity contribution >= 4 is 23.2 Å². The zero-order chi connectivity index (χ0) is 18.7. The van der Waals surface area contributed by atoms with Crippen LogP contribution in [0.1, 0.15) is 23.1 Å². The van der Waals surface area contributed by atoms with Crippen LogP contribution < -0.4 is 10.1 Å². The molecule has 0 aliphatic carbocycles. The first kappa shape index (κ1) is 17.9. The van der Waals surface area contributed by atoms with E-state index in [1.165, 1.54) is 23.0 Å². The molecule has 0 fully saturated rings. The van der Waals surface area contributed by atoms with Gasteiger partial charge in [0.1, 0.15) is 11.6 Å². The van der Waals surface area contributed by atoms with Crippen LogP contribution in [0.3, 0.4) is 0 Å². The summed E-state index contributed by atoms with van der Waals surface area (Å²) in [6, 6.07) is 10.9. The van der Waals surface area contributed by atoms with Crippen LogP contribution in [-0.2, 0) is 0 Å². The summed E-state index contributed by atoms with van der Waals surface area (Å²) >= 11 is 5.98. The number of ether oxygens (including phenoxy) is 1. The van der Waals surface area contributed by atoms with Crippen molar-refractivity contribution in [3.63, 3.8) is 0 Å². The smallest absolute Gasteiger partial charge is 0.278 e. The van der Waals surface area contributed by atoms with Gasteiger partial charge in [0, 0.05) is 11.1 Å². The molecule has 0 spiro atoms. The Morgan fingerprint density at radius 2 is 2.08 bits per heavy atom. The SMILES string of the molecule is CCOc1cc(F)ccc1NC(=O)c1nn(-c2cccc(Cl)c2)nc1C. The first-order valence-corrected chi connectivity index (χ1v) is 8.29. The molecule has 26 heavy (non-hydrogen) atoms. The molecular weight excluding hydrogens is 359 g/mol. The number of hydrogen-bond donors (Lipinski definition) is 1. The summed E-state index contributed by atoms with van der Waals surface area (Å²) in [6.07, 6.45) is 0. The van der Waals surface area contributed by atoms with Crippen molar-refractivity contribution in [3.8, 4) is 11.4 Å². The van der Waals surface area contributed by atoms with Crippen LogP contribution in [0, 0.1) is 12.7 Å². The van der Waals surface area contributed by atoms with Crippen LogP contribution in [0.5, 0.6) is 5.75 Å². The maximum absolute atomic E-state index is 13.4. The van der Waals surface area contributed by atoms with E-state index >= 15 is 0 Å². The van der Waals surface area contributed by atoms with Gasteiger partial charge in [-0.05, 0) is 44.2 Å². The lowest BCUT2D eigenvalue weighted by atomic mass is 10.2. The monoisotopic (exact) mass is 374 g/mol. The van der Waals surface area contributed by atoms with Crippen molar-refractivity contribution in [2.24, 2.45) is 0 Å². The lowest BCUT2D eigenvalue weighted by Gasteiger charge is -2.10. The molecule has 134 valence electrons. The van der Waals surface area contributed by atoms with E-state index in [9.17, 15) is 9.18 Å². The fourth-order valence-corrected chi connectivity index (χ4v) is 2.55. The molecule has 0 unspecified atom stereocenters. The molecule has 0 atom stereocenters. The number of rotatable bonds is 5. The normalized spacial score (nSPS) is 10.6. The van der Waals surface area contributed by atoms with Gasteiger partial charge in [0.25, 0.3) is 5.91 Å². The molecule has 1 aromatic heterocycles. The van der Waals surface area contributed by atoms with Gasteiger partial charge in [0.2, 0.25) is 0 Å². The van der Waals surface area contributed by atoms with Gasteiger partial charge in [-0.25, -0.2) is 4.39 Å². The second-order valence-electron chi connectivity index (χ2n) is 5.43. The fraction of sp³-hybridized carbons (Fsp3) is 0.167. The molecule has 3 aromatic rings. The minimum atomic E-state index is -0.469. The summed E-state index contributed by atoms with van der Waals surface area (Å²) in [5.41, 5.74) is 1.59. The Balaban J connectivity index is 1.87. The number of halogens is 2. The largest absolute Gasteiger partial charge is 0.492 e. The van der Waals surface area contributed by atoms with Gasteiger partial charge in [0.05, 0.1) is 23.7 Å². The minimum absolute atomic E-state index is 0.150.